The smallest absolute Gasteiger partial charge is 0.266 e. The lowest BCUT2D eigenvalue weighted by molar-refractivity contribution is -0.0598. The number of nitrogens with zero attached hydrogens (tertiary/aromatic N) is 1. The zero-order valence-electron chi connectivity index (χ0n) is 10.2. The molecule has 1 aliphatic rings. The minimum absolute atomic E-state index is 0.0553. The van der Waals surface area contributed by atoms with Gasteiger partial charge in [-0.3, -0.25) is 9.59 Å². The highest BCUT2D eigenvalue weighted by atomic mass is 35.5. The van der Waals surface area contributed by atoms with Crippen molar-refractivity contribution in [2.75, 3.05) is 19.7 Å². The van der Waals surface area contributed by atoms with Gasteiger partial charge in [-0.25, -0.2) is 0 Å². The molecule has 1 aliphatic heterocycles. The second kappa shape index (κ2) is 5.32. The quantitative estimate of drug-likeness (QED) is 0.713. The van der Waals surface area contributed by atoms with E-state index in [4.69, 9.17) is 16.7 Å². The van der Waals surface area contributed by atoms with Gasteiger partial charge in [0.15, 0.2) is 0 Å². The molecule has 2 rings (SSSR count). The van der Waals surface area contributed by atoms with Crippen molar-refractivity contribution in [1.82, 2.24) is 9.88 Å². The molecule has 1 aromatic heterocycles. The standard InChI is InChI=1S/C12H15ClN2O4/c13-9-4-8(5-14-10(9)17)11(18)15-3-1-2-12(19,6-15)7-16/h4-5,16,19H,1-3,6-7H2,(H,14,17)/t12-/m0/s1. The average molecular weight is 287 g/mol. The lowest BCUT2D eigenvalue weighted by Crippen LogP contribution is -2.52. The Bertz CT molecular complexity index is 545. The Balaban J connectivity index is 2.19. The number of β-amino-alcohol motifs (C(OH)–C–C–N with tert-alkyl or cyclic N) is 1. The second-order valence-corrected chi connectivity index (χ2v) is 5.19. The van der Waals surface area contributed by atoms with Gasteiger partial charge in [0, 0.05) is 12.7 Å². The molecule has 1 saturated heterocycles. The van der Waals surface area contributed by atoms with Crippen LogP contribution in [0.4, 0.5) is 0 Å². The molecule has 1 atom stereocenters. The molecule has 0 aliphatic carbocycles. The summed E-state index contributed by atoms with van der Waals surface area (Å²) in [7, 11) is 0. The summed E-state index contributed by atoms with van der Waals surface area (Å²) in [6, 6.07) is 1.30. The van der Waals surface area contributed by atoms with E-state index in [0.29, 0.717) is 19.4 Å². The van der Waals surface area contributed by atoms with Crippen LogP contribution in [0.25, 0.3) is 0 Å². The van der Waals surface area contributed by atoms with E-state index >= 15 is 0 Å². The van der Waals surface area contributed by atoms with Crippen LogP contribution in [0, 0.1) is 0 Å². The first-order chi connectivity index (χ1) is 8.95. The van der Waals surface area contributed by atoms with Gasteiger partial charge in [-0.15, -0.1) is 0 Å². The predicted molar refractivity (Wildman–Crippen MR) is 69.2 cm³/mol. The number of piperidine rings is 1. The lowest BCUT2D eigenvalue weighted by atomic mass is 9.93. The van der Waals surface area contributed by atoms with Gasteiger partial charge in [-0.1, -0.05) is 11.6 Å². The molecule has 7 heteroatoms. The molecule has 0 unspecified atom stereocenters. The summed E-state index contributed by atoms with van der Waals surface area (Å²) in [5, 5.41) is 19.1. The van der Waals surface area contributed by atoms with Gasteiger partial charge in [-0.05, 0) is 18.9 Å². The first-order valence-electron chi connectivity index (χ1n) is 5.96. The van der Waals surface area contributed by atoms with Crippen molar-refractivity contribution < 1.29 is 15.0 Å². The predicted octanol–water partition coefficient (Wildman–Crippen LogP) is -0.0123. The summed E-state index contributed by atoms with van der Waals surface area (Å²) in [6.07, 6.45) is 2.36. The fraction of sp³-hybridized carbons (Fsp3) is 0.500. The number of pyridine rings is 1. The Morgan fingerprint density at radius 3 is 2.95 bits per heavy atom. The Kier molecular flexibility index (Phi) is 3.93. The fourth-order valence-electron chi connectivity index (χ4n) is 2.18. The zero-order chi connectivity index (χ0) is 14.0. The number of aromatic amines is 1. The van der Waals surface area contributed by atoms with E-state index in [1.54, 1.807) is 0 Å². The number of amides is 1. The molecule has 1 aromatic rings. The van der Waals surface area contributed by atoms with Gasteiger partial charge in [0.25, 0.3) is 11.5 Å². The van der Waals surface area contributed by atoms with Crippen molar-refractivity contribution >= 4 is 17.5 Å². The number of carbonyl (C=O) groups excluding carboxylic acids is 1. The van der Waals surface area contributed by atoms with Crippen LogP contribution < -0.4 is 5.56 Å². The van der Waals surface area contributed by atoms with Crippen LogP contribution in [0.5, 0.6) is 0 Å². The van der Waals surface area contributed by atoms with E-state index in [2.05, 4.69) is 4.98 Å². The van der Waals surface area contributed by atoms with Crippen molar-refractivity contribution in [2.45, 2.75) is 18.4 Å². The third-order valence-electron chi connectivity index (χ3n) is 3.24. The summed E-state index contributed by atoms with van der Waals surface area (Å²) >= 11 is 5.68. The molecule has 104 valence electrons. The number of hydrogen-bond acceptors (Lipinski definition) is 4. The second-order valence-electron chi connectivity index (χ2n) is 4.78. The molecule has 0 saturated carbocycles. The van der Waals surface area contributed by atoms with E-state index in [9.17, 15) is 14.7 Å². The minimum atomic E-state index is -1.25. The summed E-state index contributed by atoms with van der Waals surface area (Å²) in [6.45, 7) is 0.181. The Morgan fingerprint density at radius 1 is 1.58 bits per heavy atom. The van der Waals surface area contributed by atoms with Gasteiger partial charge in [0.05, 0.1) is 18.7 Å². The van der Waals surface area contributed by atoms with Crippen LogP contribution in [0.3, 0.4) is 0 Å². The first-order valence-corrected chi connectivity index (χ1v) is 6.34. The van der Waals surface area contributed by atoms with Gasteiger partial charge < -0.3 is 20.1 Å². The highest BCUT2D eigenvalue weighted by Gasteiger charge is 2.34. The molecule has 3 N–H and O–H groups in total. The number of nitrogens with one attached hydrogen (secondary N) is 1. The van der Waals surface area contributed by atoms with Crippen LogP contribution in [-0.2, 0) is 0 Å². The van der Waals surface area contributed by atoms with Crippen molar-refractivity contribution in [2.24, 2.45) is 0 Å². The molecule has 6 nitrogen and oxygen atoms in total. The lowest BCUT2D eigenvalue weighted by Gasteiger charge is -2.38. The Morgan fingerprint density at radius 2 is 2.32 bits per heavy atom. The highest BCUT2D eigenvalue weighted by Crippen LogP contribution is 2.22. The maximum atomic E-state index is 12.2. The molecule has 1 fully saturated rings. The number of hydrogen-bond donors (Lipinski definition) is 3. The topological polar surface area (TPSA) is 93.6 Å². The van der Waals surface area contributed by atoms with Crippen LogP contribution >= 0.6 is 11.6 Å². The summed E-state index contributed by atoms with van der Waals surface area (Å²) in [4.78, 5) is 27.2. The van der Waals surface area contributed by atoms with Crippen LogP contribution in [-0.4, -0.2) is 51.3 Å². The van der Waals surface area contributed by atoms with E-state index in [-0.39, 0.29) is 29.6 Å². The first kappa shape index (κ1) is 14.0. The number of carbonyl (C=O) groups is 1. The molecule has 0 spiro atoms. The SMILES string of the molecule is O=C(c1c[nH]c(=O)c(Cl)c1)N1CCC[C@@](O)(CO)C1. The molecule has 0 aromatic carbocycles. The minimum Gasteiger partial charge on any atom is -0.393 e. The number of likely N-dealkylation sites (tertiary alicyclic amines) is 1. The monoisotopic (exact) mass is 286 g/mol. The van der Waals surface area contributed by atoms with Crippen LogP contribution in [0.1, 0.15) is 23.2 Å². The molecule has 19 heavy (non-hydrogen) atoms. The van der Waals surface area contributed by atoms with E-state index < -0.39 is 11.2 Å². The normalized spacial score (nSPS) is 23.4. The fourth-order valence-corrected chi connectivity index (χ4v) is 2.35. The third-order valence-corrected chi connectivity index (χ3v) is 3.52. The molecular weight excluding hydrogens is 272 g/mol. The molecule has 2 heterocycles. The largest absolute Gasteiger partial charge is 0.393 e. The van der Waals surface area contributed by atoms with Gasteiger partial charge in [-0.2, -0.15) is 0 Å². The van der Waals surface area contributed by atoms with Crippen molar-refractivity contribution in [1.29, 1.82) is 0 Å². The van der Waals surface area contributed by atoms with Gasteiger partial charge >= 0.3 is 0 Å². The number of aromatic nitrogens is 1. The average Bonchev–Trinajstić information content (AvgIpc) is 2.41. The van der Waals surface area contributed by atoms with Gasteiger partial charge in [0.2, 0.25) is 0 Å². The van der Waals surface area contributed by atoms with Crippen LogP contribution in [0.15, 0.2) is 17.1 Å². The molecular formula is C12H15ClN2O4. The van der Waals surface area contributed by atoms with Crippen molar-refractivity contribution in [3.05, 3.63) is 33.2 Å². The number of aliphatic hydroxyl groups excluding tert-OH is 1. The maximum Gasteiger partial charge on any atom is 0.266 e. The molecule has 0 bridgehead atoms. The third kappa shape index (κ3) is 2.97. The highest BCUT2D eigenvalue weighted by molar-refractivity contribution is 6.30. The van der Waals surface area contributed by atoms with Gasteiger partial charge in [0.1, 0.15) is 10.6 Å². The van der Waals surface area contributed by atoms with Crippen LogP contribution in [0.2, 0.25) is 5.02 Å². The van der Waals surface area contributed by atoms with E-state index in [1.165, 1.54) is 17.2 Å². The zero-order valence-corrected chi connectivity index (χ0v) is 11.0. The molecule has 0 radical (unpaired) electrons. The number of rotatable bonds is 2. The van der Waals surface area contributed by atoms with E-state index in [0.717, 1.165) is 0 Å². The maximum absolute atomic E-state index is 12.2. The number of aliphatic hydroxyl groups is 2. The Hall–Kier alpha value is -1.37. The summed E-state index contributed by atoms with van der Waals surface area (Å²) < 4.78 is 0. The van der Waals surface area contributed by atoms with E-state index in [1.807, 2.05) is 0 Å². The number of halogens is 1. The van der Waals surface area contributed by atoms with Crippen molar-refractivity contribution in [3.8, 4) is 0 Å². The van der Waals surface area contributed by atoms with Crippen molar-refractivity contribution in [3.63, 3.8) is 0 Å². The molecule has 1 amide bonds. The Labute approximate surface area is 114 Å². The summed E-state index contributed by atoms with van der Waals surface area (Å²) in [5.74, 6) is -0.329. The summed E-state index contributed by atoms with van der Waals surface area (Å²) in [5.41, 5.74) is -1.45. The number of H-pyrrole nitrogens is 1.